The van der Waals surface area contributed by atoms with Gasteiger partial charge in [-0.1, -0.05) is 0 Å². The number of thiazole rings is 1. The van der Waals surface area contributed by atoms with Gasteiger partial charge in [-0.25, -0.2) is 4.98 Å². The monoisotopic (exact) mass is 272 g/mol. The summed E-state index contributed by atoms with van der Waals surface area (Å²) in [6, 6.07) is 0.247. The predicted octanol–water partition coefficient (Wildman–Crippen LogP) is 2.34. The van der Waals surface area contributed by atoms with Crippen LogP contribution < -0.4 is 5.32 Å². The highest BCUT2D eigenvalue weighted by Gasteiger charge is 2.32. The highest BCUT2D eigenvalue weighted by atomic mass is 32.1. The van der Waals surface area contributed by atoms with Crippen LogP contribution in [0, 0.1) is 0 Å². The fourth-order valence-corrected chi connectivity index (χ4v) is 2.31. The van der Waals surface area contributed by atoms with Crippen LogP contribution in [0.1, 0.15) is 32.9 Å². The van der Waals surface area contributed by atoms with E-state index in [9.17, 15) is 4.79 Å². The number of carboxylic acid groups (broad SMARTS) is 1. The maximum absolute atomic E-state index is 11.1. The van der Waals surface area contributed by atoms with Gasteiger partial charge in [0.25, 0.3) is 0 Å². The van der Waals surface area contributed by atoms with Gasteiger partial charge in [-0.05, 0) is 27.2 Å². The van der Waals surface area contributed by atoms with Crippen LogP contribution >= 0.6 is 11.3 Å². The van der Waals surface area contributed by atoms with Crippen LogP contribution in [0.2, 0.25) is 0 Å². The molecule has 0 aliphatic heterocycles. The van der Waals surface area contributed by atoms with Crippen molar-refractivity contribution >= 4 is 22.4 Å². The van der Waals surface area contributed by atoms with Crippen molar-refractivity contribution in [1.82, 2.24) is 4.98 Å². The molecule has 1 aromatic heterocycles. The summed E-state index contributed by atoms with van der Waals surface area (Å²) < 4.78 is 5.01. The van der Waals surface area contributed by atoms with Crippen LogP contribution in [-0.2, 0) is 14.9 Å². The molecule has 0 aromatic carbocycles. The molecule has 102 valence electrons. The number of ether oxygens (including phenoxy) is 1. The summed E-state index contributed by atoms with van der Waals surface area (Å²) in [5, 5.41) is 14.9. The molecule has 0 saturated carbocycles. The number of nitrogens with one attached hydrogen (secondary N) is 1. The van der Waals surface area contributed by atoms with E-state index in [1.165, 1.54) is 11.3 Å². The summed E-state index contributed by atoms with van der Waals surface area (Å²) in [5.74, 6) is -0.869. The third kappa shape index (κ3) is 3.68. The summed E-state index contributed by atoms with van der Waals surface area (Å²) in [6.07, 6.45) is 0.883. The molecular formula is C12H20N2O3S. The van der Waals surface area contributed by atoms with Crippen LogP contribution in [0.5, 0.6) is 0 Å². The van der Waals surface area contributed by atoms with E-state index < -0.39 is 11.4 Å². The lowest BCUT2D eigenvalue weighted by atomic mass is 9.90. The molecule has 1 rings (SSSR count). The minimum Gasteiger partial charge on any atom is -0.481 e. The van der Waals surface area contributed by atoms with Crippen LogP contribution in [0.3, 0.4) is 0 Å². The molecule has 6 heteroatoms. The van der Waals surface area contributed by atoms with E-state index in [1.807, 2.05) is 6.92 Å². The maximum Gasteiger partial charge on any atom is 0.315 e. The van der Waals surface area contributed by atoms with Gasteiger partial charge in [-0.3, -0.25) is 4.79 Å². The van der Waals surface area contributed by atoms with Crippen molar-refractivity contribution < 1.29 is 14.6 Å². The van der Waals surface area contributed by atoms with Gasteiger partial charge in [-0.2, -0.15) is 0 Å². The number of anilines is 1. The van der Waals surface area contributed by atoms with Gasteiger partial charge >= 0.3 is 5.97 Å². The number of carbonyl (C=O) groups is 1. The third-order valence-corrected chi connectivity index (χ3v) is 3.58. The molecule has 0 spiro atoms. The first-order chi connectivity index (χ1) is 8.37. The zero-order valence-corrected chi connectivity index (χ0v) is 12.0. The summed E-state index contributed by atoms with van der Waals surface area (Å²) in [4.78, 5) is 15.5. The number of carboxylic acids is 1. The van der Waals surface area contributed by atoms with E-state index >= 15 is 0 Å². The molecule has 1 heterocycles. The average Bonchev–Trinajstić information content (AvgIpc) is 2.75. The molecule has 0 aliphatic rings. The second kappa shape index (κ2) is 6.15. The minimum atomic E-state index is -0.952. The third-order valence-electron chi connectivity index (χ3n) is 2.80. The van der Waals surface area contributed by atoms with Gasteiger partial charge in [-0.15, -0.1) is 11.3 Å². The smallest absolute Gasteiger partial charge is 0.315 e. The Morgan fingerprint density at radius 3 is 2.89 bits per heavy atom. The Morgan fingerprint density at radius 1 is 1.67 bits per heavy atom. The van der Waals surface area contributed by atoms with Crippen LogP contribution in [-0.4, -0.2) is 35.8 Å². The topological polar surface area (TPSA) is 71.5 Å². The van der Waals surface area contributed by atoms with Crippen molar-refractivity contribution in [2.24, 2.45) is 0 Å². The number of rotatable bonds is 7. The lowest BCUT2D eigenvalue weighted by Crippen LogP contribution is -2.29. The molecule has 0 radical (unpaired) electrons. The Kier molecular flexibility index (Phi) is 5.10. The van der Waals surface area contributed by atoms with Crippen molar-refractivity contribution in [3.63, 3.8) is 0 Å². The highest BCUT2D eigenvalue weighted by molar-refractivity contribution is 7.13. The van der Waals surface area contributed by atoms with Gasteiger partial charge in [0.05, 0.1) is 5.69 Å². The zero-order chi connectivity index (χ0) is 13.8. The van der Waals surface area contributed by atoms with Gasteiger partial charge in [0.1, 0.15) is 5.41 Å². The molecule has 0 amide bonds. The molecule has 5 nitrogen and oxygen atoms in total. The van der Waals surface area contributed by atoms with Crippen LogP contribution in [0.15, 0.2) is 5.38 Å². The van der Waals surface area contributed by atoms with Gasteiger partial charge in [0.15, 0.2) is 5.13 Å². The summed E-state index contributed by atoms with van der Waals surface area (Å²) in [6.45, 7) is 6.04. The van der Waals surface area contributed by atoms with Gasteiger partial charge in [0, 0.05) is 25.1 Å². The Balaban J connectivity index is 2.66. The first-order valence-corrected chi connectivity index (χ1v) is 6.70. The van der Waals surface area contributed by atoms with Crippen molar-refractivity contribution in [1.29, 1.82) is 0 Å². The largest absolute Gasteiger partial charge is 0.481 e. The van der Waals surface area contributed by atoms with Crippen molar-refractivity contribution in [3.05, 3.63) is 11.1 Å². The second-order valence-corrected chi connectivity index (χ2v) is 5.65. The lowest BCUT2D eigenvalue weighted by Gasteiger charge is -2.16. The first-order valence-electron chi connectivity index (χ1n) is 5.82. The summed E-state index contributed by atoms with van der Waals surface area (Å²) in [7, 11) is 1.67. The molecule has 1 aromatic rings. The molecule has 0 fully saturated rings. The Hall–Kier alpha value is -1.14. The van der Waals surface area contributed by atoms with E-state index in [0.29, 0.717) is 12.3 Å². The van der Waals surface area contributed by atoms with Crippen LogP contribution in [0.4, 0.5) is 5.13 Å². The molecule has 0 bridgehead atoms. The highest BCUT2D eigenvalue weighted by Crippen LogP contribution is 2.27. The first kappa shape index (κ1) is 14.9. The lowest BCUT2D eigenvalue weighted by molar-refractivity contribution is -0.142. The van der Waals surface area contributed by atoms with Gasteiger partial charge < -0.3 is 15.2 Å². The Labute approximate surface area is 111 Å². The van der Waals surface area contributed by atoms with E-state index in [-0.39, 0.29) is 6.04 Å². The number of hydrogen-bond donors (Lipinski definition) is 2. The molecule has 0 aliphatic carbocycles. The van der Waals surface area contributed by atoms with E-state index in [0.717, 1.165) is 11.6 Å². The van der Waals surface area contributed by atoms with E-state index in [4.69, 9.17) is 9.84 Å². The average molecular weight is 272 g/mol. The van der Waals surface area contributed by atoms with Crippen molar-refractivity contribution in [3.8, 4) is 0 Å². The Morgan fingerprint density at radius 2 is 2.33 bits per heavy atom. The maximum atomic E-state index is 11.1. The van der Waals surface area contributed by atoms with E-state index in [2.05, 4.69) is 10.3 Å². The zero-order valence-electron chi connectivity index (χ0n) is 11.2. The van der Waals surface area contributed by atoms with Crippen molar-refractivity contribution in [2.75, 3.05) is 19.0 Å². The second-order valence-electron chi connectivity index (χ2n) is 4.79. The number of nitrogens with zero attached hydrogens (tertiary/aromatic N) is 1. The molecule has 0 saturated heterocycles. The SMILES string of the molecule is COCCC(C)Nc1nc(C(C)(C)C(=O)O)cs1. The summed E-state index contributed by atoms with van der Waals surface area (Å²) >= 11 is 1.43. The Bertz CT molecular complexity index is 404. The molecule has 1 atom stereocenters. The number of aromatic nitrogens is 1. The molecular weight excluding hydrogens is 252 g/mol. The van der Waals surface area contributed by atoms with Gasteiger partial charge in [0.2, 0.25) is 0 Å². The quantitative estimate of drug-likeness (QED) is 0.797. The van der Waals surface area contributed by atoms with Crippen molar-refractivity contribution in [2.45, 2.75) is 38.6 Å². The number of hydrogen-bond acceptors (Lipinski definition) is 5. The molecule has 18 heavy (non-hydrogen) atoms. The summed E-state index contributed by atoms with van der Waals surface area (Å²) in [5.41, 5.74) is -0.368. The predicted molar refractivity (Wildman–Crippen MR) is 72.4 cm³/mol. The normalized spacial score (nSPS) is 13.3. The number of methoxy groups -OCH3 is 1. The molecule has 1 unspecified atom stereocenters. The fraction of sp³-hybridized carbons (Fsp3) is 0.667. The standard InChI is InChI=1S/C12H20N2O3S/c1-8(5-6-17-4)13-11-14-9(7-18-11)12(2,3)10(15)16/h7-8H,5-6H2,1-4H3,(H,13,14)(H,15,16). The van der Waals surface area contributed by atoms with Crippen LogP contribution in [0.25, 0.3) is 0 Å². The minimum absolute atomic E-state index is 0.247. The van der Waals surface area contributed by atoms with E-state index in [1.54, 1.807) is 26.3 Å². The number of aliphatic carboxylic acids is 1. The molecule has 2 N–H and O–H groups in total. The fourth-order valence-electron chi connectivity index (χ4n) is 1.31.